The van der Waals surface area contributed by atoms with Crippen molar-refractivity contribution in [1.29, 1.82) is 0 Å². The molecule has 0 bridgehead atoms. The van der Waals surface area contributed by atoms with Crippen LogP contribution in [0.4, 0.5) is 11.4 Å². The molecule has 1 aromatic carbocycles. The van der Waals surface area contributed by atoms with Crippen LogP contribution in [-0.2, 0) is 10.0 Å². The molecule has 1 aliphatic rings. The van der Waals surface area contributed by atoms with Crippen LogP contribution in [0, 0.1) is 5.92 Å². The lowest BCUT2D eigenvalue weighted by atomic mass is 9.99. The first kappa shape index (κ1) is 15.1. The van der Waals surface area contributed by atoms with Gasteiger partial charge >= 0.3 is 0 Å². The maximum Gasteiger partial charge on any atom is 0.240 e. The molecular weight excluding hydrogens is 274 g/mol. The van der Waals surface area contributed by atoms with Gasteiger partial charge in [-0.1, -0.05) is 12.8 Å². The van der Waals surface area contributed by atoms with E-state index >= 15 is 0 Å². The van der Waals surface area contributed by atoms with E-state index in [2.05, 4.69) is 17.0 Å². The Bertz CT molecular complexity index is 566. The summed E-state index contributed by atoms with van der Waals surface area (Å²) < 4.78 is 25.7. The molecule has 0 spiro atoms. The summed E-state index contributed by atoms with van der Waals surface area (Å²) in [5, 5.41) is 3.41. The first-order valence-corrected chi connectivity index (χ1v) is 8.52. The highest BCUT2D eigenvalue weighted by molar-refractivity contribution is 7.89. The van der Waals surface area contributed by atoms with Gasteiger partial charge in [0.15, 0.2) is 0 Å². The summed E-state index contributed by atoms with van der Waals surface area (Å²) in [5.41, 5.74) is 7.23. The molecule has 0 amide bonds. The molecule has 0 saturated heterocycles. The molecule has 0 radical (unpaired) electrons. The van der Waals surface area contributed by atoms with Crippen molar-refractivity contribution in [1.82, 2.24) is 4.72 Å². The Balaban J connectivity index is 2.13. The van der Waals surface area contributed by atoms with Crippen molar-refractivity contribution in [3.63, 3.8) is 0 Å². The predicted octanol–water partition coefficient (Wildman–Crippen LogP) is 2.17. The normalized spacial score (nSPS) is 18.1. The van der Waals surface area contributed by atoms with Gasteiger partial charge in [0.05, 0.1) is 16.3 Å². The molecule has 0 heterocycles. The highest BCUT2D eigenvalue weighted by Crippen LogP contribution is 2.31. The number of rotatable bonds is 5. The van der Waals surface area contributed by atoms with E-state index in [9.17, 15) is 8.42 Å². The second-order valence-electron chi connectivity index (χ2n) is 5.43. The largest absolute Gasteiger partial charge is 0.397 e. The molecule has 6 heteroatoms. The number of benzene rings is 1. The van der Waals surface area contributed by atoms with Gasteiger partial charge in [-0.2, -0.15) is 0 Å². The smallest absolute Gasteiger partial charge is 0.240 e. The predicted molar refractivity (Wildman–Crippen MR) is 82.1 cm³/mol. The Labute approximate surface area is 121 Å². The molecule has 0 aromatic heterocycles. The monoisotopic (exact) mass is 297 g/mol. The van der Waals surface area contributed by atoms with Crippen LogP contribution in [0.1, 0.15) is 32.6 Å². The molecule has 5 nitrogen and oxygen atoms in total. The summed E-state index contributed by atoms with van der Waals surface area (Å²) in [7, 11) is -2.05. The second kappa shape index (κ2) is 6.01. The van der Waals surface area contributed by atoms with E-state index in [0.717, 1.165) is 5.69 Å². The molecule has 20 heavy (non-hydrogen) atoms. The molecule has 112 valence electrons. The molecule has 4 N–H and O–H groups in total. The van der Waals surface area contributed by atoms with E-state index < -0.39 is 10.0 Å². The Kier molecular flexibility index (Phi) is 4.55. The quantitative estimate of drug-likeness (QED) is 0.727. The Morgan fingerprint density at radius 2 is 1.95 bits per heavy atom. The van der Waals surface area contributed by atoms with Crippen LogP contribution in [0.25, 0.3) is 0 Å². The van der Waals surface area contributed by atoms with Crippen LogP contribution >= 0.6 is 0 Å². The third kappa shape index (κ3) is 3.24. The topological polar surface area (TPSA) is 84.2 Å². The second-order valence-corrected chi connectivity index (χ2v) is 7.32. The van der Waals surface area contributed by atoms with Crippen LogP contribution in [0.3, 0.4) is 0 Å². The maximum absolute atomic E-state index is 11.7. The van der Waals surface area contributed by atoms with Gasteiger partial charge in [-0.15, -0.1) is 0 Å². The highest BCUT2D eigenvalue weighted by atomic mass is 32.2. The van der Waals surface area contributed by atoms with E-state index in [-0.39, 0.29) is 4.90 Å². The van der Waals surface area contributed by atoms with Gasteiger partial charge in [-0.25, -0.2) is 13.1 Å². The zero-order valence-corrected chi connectivity index (χ0v) is 12.8. The molecule has 1 aromatic rings. The first-order chi connectivity index (χ1) is 9.44. The van der Waals surface area contributed by atoms with E-state index in [4.69, 9.17) is 5.73 Å². The molecule has 1 atom stereocenters. The molecule has 1 saturated carbocycles. The summed E-state index contributed by atoms with van der Waals surface area (Å²) in [5.74, 6) is 0.676. The van der Waals surface area contributed by atoms with Gasteiger partial charge < -0.3 is 11.1 Å². The van der Waals surface area contributed by atoms with Crippen molar-refractivity contribution in [3.05, 3.63) is 18.2 Å². The molecule has 1 fully saturated rings. The van der Waals surface area contributed by atoms with Crippen molar-refractivity contribution >= 4 is 21.4 Å². The number of hydrogen-bond donors (Lipinski definition) is 3. The van der Waals surface area contributed by atoms with Crippen LogP contribution in [0.2, 0.25) is 0 Å². The van der Waals surface area contributed by atoms with Crippen molar-refractivity contribution in [2.45, 2.75) is 43.5 Å². The van der Waals surface area contributed by atoms with Crippen molar-refractivity contribution in [3.8, 4) is 0 Å². The lowest BCUT2D eigenvalue weighted by molar-refractivity contribution is 0.482. The van der Waals surface area contributed by atoms with Crippen molar-refractivity contribution in [2.75, 3.05) is 18.1 Å². The number of nitrogens with one attached hydrogen (secondary N) is 2. The average Bonchev–Trinajstić information content (AvgIpc) is 2.95. The average molecular weight is 297 g/mol. The Morgan fingerprint density at radius 3 is 2.50 bits per heavy atom. The van der Waals surface area contributed by atoms with Crippen LogP contribution in [-0.4, -0.2) is 21.5 Å². The summed E-state index contributed by atoms with van der Waals surface area (Å²) in [4.78, 5) is 0.191. The van der Waals surface area contributed by atoms with E-state index in [1.807, 2.05) is 0 Å². The van der Waals surface area contributed by atoms with Crippen LogP contribution < -0.4 is 15.8 Å². The number of anilines is 2. The van der Waals surface area contributed by atoms with Crippen molar-refractivity contribution in [2.24, 2.45) is 5.92 Å². The zero-order valence-electron chi connectivity index (χ0n) is 12.0. The molecule has 1 aliphatic carbocycles. The summed E-state index contributed by atoms with van der Waals surface area (Å²) in [6.07, 6.45) is 5.09. The first-order valence-electron chi connectivity index (χ1n) is 7.03. The van der Waals surface area contributed by atoms with Gasteiger partial charge in [-0.05, 0) is 50.9 Å². The lowest BCUT2D eigenvalue weighted by Crippen LogP contribution is -2.24. The number of hydrogen-bond acceptors (Lipinski definition) is 4. The molecule has 1 unspecified atom stereocenters. The molecule has 2 rings (SSSR count). The zero-order chi connectivity index (χ0) is 14.8. The summed E-state index contributed by atoms with van der Waals surface area (Å²) >= 11 is 0. The van der Waals surface area contributed by atoms with Crippen LogP contribution in [0.5, 0.6) is 0 Å². The fourth-order valence-corrected chi connectivity index (χ4v) is 3.54. The van der Waals surface area contributed by atoms with Gasteiger partial charge in [0.1, 0.15) is 0 Å². The minimum Gasteiger partial charge on any atom is -0.397 e. The van der Waals surface area contributed by atoms with Gasteiger partial charge in [0.2, 0.25) is 10.0 Å². The van der Waals surface area contributed by atoms with Crippen LogP contribution in [0.15, 0.2) is 23.1 Å². The fraction of sp³-hybridized carbons (Fsp3) is 0.571. The Hall–Kier alpha value is -1.27. The Morgan fingerprint density at radius 1 is 1.30 bits per heavy atom. The third-order valence-electron chi connectivity index (χ3n) is 4.09. The fourth-order valence-electron chi connectivity index (χ4n) is 2.78. The number of sulfonamides is 1. The van der Waals surface area contributed by atoms with Gasteiger partial charge in [0, 0.05) is 6.04 Å². The van der Waals surface area contributed by atoms with Crippen molar-refractivity contribution < 1.29 is 8.42 Å². The van der Waals surface area contributed by atoms with Gasteiger partial charge in [-0.3, -0.25) is 0 Å². The minimum atomic E-state index is -3.44. The maximum atomic E-state index is 11.7. The molecule has 0 aliphatic heterocycles. The third-order valence-corrected chi connectivity index (χ3v) is 5.50. The highest BCUT2D eigenvalue weighted by Gasteiger charge is 2.22. The standard InChI is InChI=1S/C14H23N3O2S/c1-10(11-5-3-4-6-11)17-14-8-7-12(9-13(14)15)20(18,19)16-2/h7-11,16-17H,3-6,15H2,1-2H3. The number of nitrogens with two attached hydrogens (primary N) is 1. The summed E-state index contributed by atoms with van der Waals surface area (Å²) in [6, 6.07) is 5.17. The number of nitrogen functional groups attached to an aromatic ring is 1. The van der Waals surface area contributed by atoms with Gasteiger partial charge in [0.25, 0.3) is 0 Å². The lowest BCUT2D eigenvalue weighted by Gasteiger charge is -2.22. The molecular formula is C14H23N3O2S. The van der Waals surface area contributed by atoms with E-state index in [1.54, 1.807) is 12.1 Å². The summed E-state index contributed by atoms with van der Waals surface area (Å²) in [6.45, 7) is 2.16. The minimum absolute atomic E-state index is 0.191. The van der Waals surface area contributed by atoms with E-state index in [0.29, 0.717) is 17.6 Å². The van der Waals surface area contributed by atoms with E-state index in [1.165, 1.54) is 38.8 Å². The SMILES string of the molecule is CNS(=O)(=O)c1ccc(NC(C)C2CCCC2)c(N)c1.